The van der Waals surface area contributed by atoms with Gasteiger partial charge < -0.3 is 4.74 Å². The van der Waals surface area contributed by atoms with Gasteiger partial charge in [-0.3, -0.25) is 10.1 Å². The van der Waals surface area contributed by atoms with Crippen LogP contribution in [0.4, 0.5) is 0 Å². The van der Waals surface area contributed by atoms with Gasteiger partial charge in [-0.25, -0.2) is 4.99 Å². The van der Waals surface area contributed by atoms with Gasteiger partial charge in [-0.15, -0.1) is 0 Å². The maximum Gasteiger partial charge on any atom is 0.292 e. The lowest BCUT2D eigenvalue weighted by molar-refractivity contribution is -0.120. The van der Waals surface area contributed by atoms with Crippen molar-refractivity contribution in [3.05, 3.63) is 33.8 Å². The molecule has 0 fully saturated rings. The van der Waals surface area contributed by atoms with Crippen molar-refractivity contribution in [2.45, 2.75) is 13.0 Å². The molecule has 90 valence electrons. The summed E-state index contributed by atoms with van der Waals surface area (Å²) >= 11 is 12.1. The third kappa shape index (κ3) is 2.37. The van der Waals surface area contributed by atoms with Crippen LogP contribution in [-0.2, 0) is 9.53 Å². The van der Waals surface area contributed by atoms with E-state index in [1.807, 2.05) is 6.92 Å². The molecule has 1 heterocycles. The molecule has 1 aliphatic heterocycles. The van der Waals surface area contributed by atoms with Crippen LogP contribution in [0, 0.1) is 0 Å². The summed E-state index contributed by atoms with van der Waals surface area (Å²) < 4.78 is 5.14. The first-order valence-electron chi connectivity index (χ1n) is 5.09. The number of hydrogen-bond donors (Lipinski definition) is 1. The van der Waals surface area contributed by atoms with Gasteiger partial charge in [0.2, 0.25) is 0 Å². The predicted molar refractivity (Wildman–Crippen MR) is 66.4 cm³/mol. The molecule has 1 atom stereocenters. The molecule has 4 nitrogen and oxygen atoms in total. The number of ether oxygens (including phenoxy) is 1. The molecule has 1 unspecified atom stereocenters. The van der Waals surface area contributed by atoms with E-state index >= 15 is 0 Å². The van der Waals surface area contributed by atoms with Crippen molar-refractivity contribution in [3.63, 3.8) is 0 Å². The lowest BCUT2D eigenvalue weighted by Crippen LogP contribution is -2.27. The Balaban J connectivity index is 2.37. The van der Waals surface area contributed by atoms with Gasteiger partial charge in [0.1, 0.15) is 0 Å². The average Bonchev–Trinajstić information content (AvgIpc) is 2.60. The molecule has 2 rings (SSSR count). The molecular formula is C11H10Cl2N2O2. The number of nitrogens with zero attached hydrogens (tertiary/aromatic N) is 1. The minimum absolute atomic E-state index is 0.207. The lowest BCUT2D eigenvalue weighted by Gasteiger charge is -2.08. The first-order chi connectivity index (χ1) is 8.13. The van der Waals surface area contributed by atoms with E-state index in [1.165, 1.54) is 0 Å². The summed E-state index contributed by atoms with van der Waals surface area (Å²) in [5.41, 5.74) is 0.503. The van der Waals surface area contributed by atoms with E-state index in [4.69, 9.17) is 27.9 Å². The molecule has 1 aromatic carbocycles. The Bertz CT molecular complexity index is 468. The van der Waals surface area contributed by atoms with E-state index < -0.39 is 6.04 Å². The summed E-state index contributed by atoms with van der Waals surface area (Å²) in [7, 11) is 0. The second-order valence-electron chi connectivity index (χ2n) is 3.39. The van der Waals surface area contributed by atoms with Gasteiger partial charge in [-0.1, -0.05) is 29.3 Å². The molecule has 0 radical (unpaired) electrons. The highest BCUT2D eigenvalue weighted by Gasteiger charge is 2.31. The Hall–Kier alpha value is -1.26. The molecule has 0 aromatic heterocycles. The SMILES string of the molecule is CCOC1=NC(c2c(Cl)cccc2Cl)C(=O)N1. The Morgan fingerprint density at radius 3 is 2.65 bits per heavy atom. The van der Waals surface area contributed by atoms with Crippen molar-refractivity contribution in [3.8, 4) is 0 Å². The van der Waals surface area contributed by atoms with E-state index in [9.17, 15) is 4.79 Å². The topological polar surface area (TPSA) is 50.7 Å². The molecule has 0 saturated heterocycles. The van der Waals surface area contributed by atoms with E-state index in [-0.39, 0.29) is 11.9 Å². The lowest BCUT2D eigenvalue weighted by atomic mass is 10.1. The molecule has 1 aliphatic rings. The summed E-state index contributed by atoms with van der Waals surface area (Å²) in [5, 5.41) is 3.36. The van der Waals surface area contributed by atoms with Gasteiger partial charge in [-0.2, -0.15) is 0 Å². The van der Waals surface area contributed by atoms with Crippen molar-refractivity contribution in [1.29, 1.82) is 0 Å². The van der Waals surface area contributed by atoms with Crippen LogP contribution in [0.1, 0.15) is 18.5 Å². The van der Waals surface area contributed by atoms with Crippen LogP contribution in [0.5, 0.6) is 0 Å². The summed E-state index contributed by atoms with van der Waals surface area (Å²) in [6.45, 7) is 2.24. The Labute approximate surface area is 109 Å². The van der Waals surface area contributed by atoms with Crippen LogP contribution in [0.3, 0.4) is 0 Å². The molecule has 0 bridgehead atoms. The van der Waals surface area contributed by atoms with E-state index in [0.717, 1.165) is 0 Å². The normalized spacial score (nSPS) is 18.9. The Morgan fingerprint density at radius 1 is 1.41 bits per heavy atom. The van der Waals surface area contributed by atoms with Gasteiger partial charge in [0.15, 0.2) is 6.04 Å². The standard InChI is InChI=1S/C11H10Cl2N2O2/c1-2-17-11-14-9(10(16)15-11)8-6(12)4-3-5-7(8)13/h3-5,9H,2H2,1H3,(H,14,15,16). The molecule has 17 heavy (non-hydrogen) atoms. The average molecular weight is 273 g/mol. The zero-order chi connectivity index (χ0) is 12.4. The van der Waals surface area contributed by atoms with Crippen molar-refractivity contribution in [2.24, 2.45) is 4.99 Å². The van der Waals surface area contributed by atoms with E-state index in [2.05, 4.69) is 10.3 Å². The minimum atomic E-state index is -0.738. The van der Waals surface area contributed by atoms with Crippen LogP contribution in [0.15, 0.2) is 23.2 Å². The first-order valence-corrected chi connectivity index (χ1v) is 5.84. The fourth-order valence-electron chi connectivity index (χ4n) is 1.56. The maximum atomic E-state index is 11.7. The van der Waals surface area contributed by atoms with Crippen molar-refractivity contribution in [2.75, 3.05) is 6.61 Å². The number of benzene rings is 1. The van der Waals surface area contributed by atoms with Crippen LogP contribution >= 0.6 is 23.2 Å². The summed E-state index contributed by atoms with van der Waals surface area (Å²) in [5.74, 6) is -0.288. The number of rotatable bonds is 2. The van der Waals surface area contributed by atoms with Crippen LogP contribution in [0.2, 0.25) is 10.0 Å². The summed E-state index contributed by atoms with van der Waals surface area (Å²) in [4.78, 5) is 15.9. The number of nitrogens with one attached hydrogen (secondary N) is 1. The van der Waals surface area contributed by atoms with Gasteiger partial charge in [0, 0.05) is 15.6 Å². The largest absolute Gasteiger partial charge is 0.465 e. The third-order valence-corrected chi connectivity index (χ3v) is 2.94. The predicted octanol–water partition coefficient (Wildman–Crippen LogP) is 2.56. The highest BCUT2D eigenvalue weighted by atomic mass is 35.5. The van der Waals surface area contributed by atoms with Gasteiger partial charge >= 0.3 is 0 Å². The van der Waals surface area contributed by atoms with Crippen molar-refractivity contribution in [1.82, 2.24) is 5.32 Å². The molecule has 1 aromatic rings. The number of amidine groups is 1. The van der Waals surface area contributed by atoms with Gasteiger partial charge in [0.25, 0.3) is 11.9 Å². The molecule has 1 N–H and O–H groups in total. The monoisotopic (exact) mass is 272 g/mol. The Kier molecular flexibility index (Phi) is 3.54. The fraction of sp³-hybridized carbons (Fsp3) is 0.273. The van der Waals surface area contributed by atoms with Crippen LogP contribution in [0.25, 0.3) is 0 Å². The highest BCUT2D eigenvalue weighted by molar-refractivity contribution is 6.36. The van der Waals surface area contributed by atoms with Crippen LogP contribution in [-0.4, -0.2) is 18.5 Å². The number of carbonyl (C=O) groups excluding carboxylic acids is 1. The smallest absolute Gasteiger partial charge is 0.292 e. The second kappa shape index (κ2) is 4.94. The molecule has 0 saturated carbocycles. The van der Waals surface area contributed by atoms with Gasteiger partial charge in [0.05, 0.1) is 6.61 Å². The molecule has 0 spiro atoms. The zero-order valence-electron chi connectivity index (χ0n) is 9.04. The number of aliphatic imine (C=N–C) groups is 1. The second-order valence-corrected chi connectivity index (χ2v) is 4.21. The molecule has 6 heteroatoms. The molecule has 1 amide bonds. The number of carbonyl (C=O) groups is 1. The zero-order valence-corrected chi connectivity index (χ0v) is 10.5. The Morgan fingerprint density at radius 2 is 2.06 bits per heavy atom. The third-order valence-electron chi connectivity index (χ3n) is 2.28. The molecular weight excluding hydrogens is 263 g/mol. The first kappa shape index (κ1) is 12.2. The van der Waals surface area contributed by atoms with E-state index in [1.54, 1.807) is 18.2 Å². The summed E-state index contributed by atoms with van der Waals surface area (Å²) in [6.07, 6.45) is 0. The van der Waals surface area contributed by atoms with Crippen LogP contribution < -0.4 is 5.32 Å². The van der Waals surface area contributed by atoms with Crippen molar-refractivity contribution < 1.29 is 9.53 Å². The summed E-state index contributed by atoms with van der Waals surface area (Å²) in [6, 6.07) is 4.53. The highest BCUT2D eigenvalue weighted by Crippen LogP contribution is 2.34. The molecule has 0 aliphatic carbocycles. The van der Waals surface area contributed by atoms with E-state index in [0.29, 0.717) is 22.2 Å². The fourth-order valence-corrected chi connectivity index (χ4v) is 2.16. The number of halogens is 2. The number of amides is 1. The number of hydrogen-bond acceptors (Lipinski definition) is 3. The van der Waals surface area contributed by atoms with Crippen molar-refractivity contribution >= 4 is 35.1 Å². The maximum absolute atomic E-state index is 11.7. The minimum Gasteiger partial charge on any atom is -0.465 e. The van der Waals surface area contributed by atoms with Gasteiger partial charge in [-0.05, 0) is 19.1 Å². The quantitative estimate of drug-likeness (QED) is 0.900.